The number of aryl methyl sites for hydroxylation is 1. The number of benzene rings is 1. The first-order valence-electron chi connectivity index (χ1n) is 6.34. The summed E-state index contributed by atoms with van der Waals surface area (Å²) in [5.41, 5.74) is 0.883. The predicted molar refractivity (Wildman–Crippen MR) is 77.4 cm³/mol. The summed E-state index contributed by atoms with van der Waals surface area (Å²) in [5, 5.41) is 11.3. The molecule has 122 valence electrons. The number of rotatable bonds is 7. The van der Waals surface area contributed by atoms with Gasteiger partial charge < -0.3 is 15.2 Å². The molecule has 1 rings (SSSR count). The third kappa shape index (κ3) is 5.10. The molecule has 22 heavy (non-hydrogen) atoms. The van der Waals surface area contributed by atoms with Crippen LogP contribution in [0.2, 0.25) is 0 Å². The summed E-state index contributed by atoms with van der Waals surface area (Å²) in [6.07, 6.45) is 0. The number of aliphatic hydroxyl groups excluding tert-OH is 1. The number of sulfonamides is 1. The molecule has 1 amide bonds. The summed E-state index contributed by atoms with van der Waals surface area (Å²) >= 11 is 0. The highest BCUT2D eigenvalue weighted by Gasteiger charge is 2.25. The number of hydrogen-bond donors (Lipinski definition) is 3. The molecule has 0 heterocycles. The van der Waals surface area contributed by atoms with E-state index in [1.165, 1.54) is 12.1 Å². The van der Waals surface area contributed by atoms with Crippen LogP contribution in [0.4, 0.5) is 0 Å². The van der Waals surface area contributed by atoms with Gasteiger partial charge in [-0.25, -0.2) is 8.42 Å². The van der Waals surface area contributed by atoms with E-state index >= 15 is 0 Å². The first-order chi connectivity index (χ1) is 10.3. The molecule has 1 aromatic carbocycles. The molecule has 1 unspecified atom stereocenters. The van der Waals surface area contributed by atoms with Crippen molar-refractivity contribution < 1.29 is 27.9 Å². The van der Waals surface area contributed by atoms with Crippen molar-refractivity contribution in [1.29, 1.82) is 0 Å². The third-order valence-corrected chi connectivity index (χ3v) is 4.25. The molecular formula is C13H18N2O6S. The average Bonchev–Trinajstić information content (AvgIpc) is 2.50. The number of amides is 1. The summed E-state index contributed by atoms with van der Waals surface area (Å²) in [7, 11) is -2.81. The fraction of sp³-hybridized carbons (Fsp3) is 0.385. The van der Waals surface area contributed by atoms with Gasteiger partial charge in [-0.1, -0.05) is 17.7 Å². The molecule has 1 atom stereocenters. The number of nitrogens with one attached hydrogen (secondary N) is 2. The second kappa shape index (κ2) is 7.87. The Morgan fingerprint density at radius 1 is 1.27 bits per heavy atom. The van der Waals surface area contributed by atoms with Crippen LogP contribution in [0.1, 0.15) is 5.56 Å². The molecule has 0 bridgehead atoms. The standard InChI is InChI=1S/C13H18N2O6S/c1-9-3-5-10(6-4-9)22(19,20)15-11(8-16)13(18)14-7-12(17)21-2/h3-6,11,15-16H,7-8H2,1-2H3,(H,14,18). The minimum absolute atomic E-state index is 0.0303. The lowest BCUT2D eigenvalue weighted by atomic mass is 10.2. The molecule has 9 heteroatoms. The molecule has 0 aromatic heterocycles. The molecule has 8 nitrogen and oxygen atoms in total. The Labute approximate surface area is 128 Å². The van der Waals surface area contributed by atoms with E-state index in [1.54, 1.807) is 19.1 Å². The van der Waals surface area contributed by atoms with Gasteiger partial charge in [0.25, 0.3) is 0 Å². The number of ether oxygens (including phenoxy) is 1. The molecule has 0 saturated carbocycles. The van der Waals surface area contributed by atoms with Crippen LogP contribution < -0.4 is 10.0 Å². The van der Waals surface area contributed by atoms with E-state index in [9.17, 15) is 18.0 Å². The lowest BCUT2D eigenvalue weighted by molar-refractivity contribution is -0.141. The monoisotopic (exact) mass is 330 g/mol. The van der Waals surface area contributed by atoms with Crippen molar-refractivity contribution in [1.82, 2.24) is 10.0 Å². The maximum Gasteiger partial charge on any atom is 0.325 e. The summed E-state index contributed by atoms with van der Waals surface area (Å²) in [4.78, 5) is 22.6. The first-order valence-corrected chi connectivity index (χ1v) is 7.83. The van der Waals surface area contributed by atoms with Crippen LogP contribution in [0.5, 0.6) is 0 Å². The van der Waals surface area contributed by atoms with Gasteiger partial charge in [-0.05, 0) is 19.1 Å². The van der Waals surface area contributed by atoms with Gasteiger partial charge in [-0.3, -0.25) is 9.59 Å². The molecule has 0 spiro atoms. The first kappa shape index (κ1) is 18.1. The maximum absolute atomic E-state index is 12.1. The molecule has 1 aromatic rings. The van der Waals surface area contributed by atoms with Gasteiger partial charge in [-0.15, -0.1) is 0 Å². The summed E-state index contributed by atoms with van der Waals surface area (Å²) in [6, 6.07) is 4.59. The smallest absolute Gasteiger partial charge is 0.325 e. The Morgan fingerprint density at radius 2 is 1.86 bits per heavy atom. The topological polar surface area (TPSA) is 122 Å². The van der Waals surface area contributed by atoms with Crippen LogP contribution in [-0.4, -0.2) is 51.7 Å². The fourth-order valence-electron chi connectivity index (χ4n) is 1.50. The van der Waals surface area contributed by atoms with E-state index in [4.69, 9.17) is 5.11 Å². The second-order valence-electron chi connectivity index (χ2n) is 4.46. The van der Waals surface area contributed by atoms with Gasteiger partial charge in [0.2, 0.25) is 15.9 Å². The van der Waals surface area contributed by atoms with Crippen LogP contribution >= 0.6 is 0 Å². The molecule has 0 aliphatic rings. The van der Waals surface area contributed by atoms with Crippen molar-refractivity contribution in [3.63, 3.8) is 0 Å². The van der Waals surface area contributed by atoms with Crippen LogP contribution in [0.25, 0.3) is 0 Å². The quantitative estimate of drug-likeness (QED) is 0.547. The minimum atomic E-state index is -3.96. The number of esters is 1. The summed E-state index contributed by atoms with van der Waals surface area (Å²) in [6.45, 7) is 0.636. The van der Waals surface area contributed by atoms with Gasteiger partial charge in [0.15, 0.2) is 0 Å². The van der Waals surface area contributed by atoms with Crippen molar-refractivity contribution in [2.24, 2.45) is 0 Å². The number of aliphatic hydroxyl groups is 1. The van der Waals surface area contributed by atoms with E-state index in [-0.39, 0.29) is 4.90 Å². The summed E-state index contributed by atoms with van der Waals surface area (Å²) in [5.74, 6) is -1.52. The highest BCUT2D eigenvalue weighted by molar-refractivity contribution is 7.89. The fourth-order valence-corrected chi connectivity index (χ4v) is 2.69. The van der Waals surface area contributed by atoms with E-state index in [2.05, 4.69) is 14.8 Å². The molecule has 0 saturated heterocycles. The lowest BCUT2D eigenvalue weighted by Crippen LogP contribution is -2.49. The van der Waals surface area contributed by atoms with Crippen molar-refractivity contribution in [3.8, 4) is 0 Å². The highest BCUT2D eigenvalue weighted by atomic mass is 32.2. The third-order valence-electron chi connectivity index (χ3n) is 2.76. The van der Waals surface area contributed by atoms with Crippen LogP contribution in [0.3, 0.4) is 0 Å². The molecule has 0 radical (unpaired) electrons. The molecule has 0 aliphatic heterocycles. The van der Waals surface area contributed by atoms with Crippen LogP contribution in [0.15, 0.2) is 29.2 Å². The lowest BCUT2D eigenvalue weighted by Gasteiger charge is -2.16. The van der Waals surface area contributed by atoms with Crippen LogP contribution in [-0.2, 0) is 24.3 Å². The Morgan fingerprint density at radius 3 is 2.36 bits per heavy atom. The van der Waals surface area contributed by atoms with Crippen molar-refractivity contribution in [2.45, 2.75) is 17.9 Å². The van der Waals surface area contributed by atoms with Crippen molar-refractivity contribution in [2.75, 3.05) is 20.3 Å². The Balaban J connectivity index is 2.77. The van der Waals surface area contributed by atoms with Gasteiger partial charge in [0.1, 0.15) is 12.6 Å². The minimum Gasteiger partial charge on any atom is -0.468 e. The van der Waals surface area contributed by atoms with Crippen molar-refractivity contribution >= 4 is 21.9 Å². The normalized spacial score (nSPS) is 12.5. The zero-order valence-corrected chi connectivity index (χ0v) is 13.0. The average molecular weight is 330 g/mol. The number of hydrogen-bond acceptors (Lipinski definition) is 6. The van der Waals surface area contributed by atoms with Gasteiger partial charge in [0, 0.05) is 0 Å². The van der Waals surface area contributed by atoms with E-state index in [1.807, 2.05) is 0 Å². The van der Waals surface area contributed by atoms with E-state index in [0.29, 0.717) is 0 Å². The Kier molecular flexibility index (Phi) is 6.47. The zero-order valence-electron chi connectivity index (χ0n) is 12.2. The van der Waals surface area contributed by atoms with Gasteiger partial charge in [0.05, 0.1) is 18.6 Å². The van der Waals surface area contributed by atoms with Gasteiger partial charge in [-0.2, -0.15) is 4.72 Å². The molecule has 0 aliphatic carbocycles. The molecule has 0 fully saturated rings. The van der Waals surface area contributed by atoms with E-state index in [0.717, 1.165) is 12.7 Å². The maximum atomic E-state index is 12.1. The molecule has 3 N–H and O–H groups in total. The predicted octanol–water partition coefficient (Wildman–Crippen LogP) is -1.08. The van der Waals surface area contributed by atoms with E-state index < -0.39 is 41.1 Å². The number of carbonyl (C=O) groups is 2. The summed E-state index contributed by atoms with van der Waals surface area (Å²) < 4.78 is 30.7. The second-order valence-corrected chi connectivity index (χ2v) is 6.18. The van der Waals surface area contributed by atoms with Crippen LogP contribution in [0, 0.1) is 6.92 Å². The zero-order chi connectivity index (χ0) is 16.8. The van der Waals surface area contributed by atoms with Crippen molar-refractivity contribution in [3.05, 3.63) is 29.8 Å². The highest BCUT2D eigenvalue weighted by Crippen LogP contribution is 2.10. The Bertz CT molecular complexity index is 626. The Hall–Kier alpha value is -1.97. The molecular weight excluding hydrogens is 312 g/mol. The largest absolute Gasteiger partial charge is 0.468 e. The number of methoxy groups -OCH3 is 1. The SMILES string of the molecule is COC(=O)CNC(=O)C(CO)NS(=O)(=O)c1ccc(C)cc1. The number of carbonyl (C=O) groups excluding carboxylic acids is 2. The van der Waals surface area contributed by atoms with Gasteiger partial charge >= 0.3 is 5.97 Å².